The van der Waals surface area contributed by atoms with Crippen LogP contribution in [0.3, 0.4) is 0 Å². The summed E-state index contributed by atoms with van der Waals surface area (Å²) in [6, 6.07) is 19.2. The number of piperazine rings is 1. The number of nitrogens with zero attached hydrogens (tertiary/aromatic N) is 3. The number of carbonyl (C=O) groups excluding carboxylic acids is 2. The maximum atomic E-state index is 14.8. The Morgan fingerprint density at radius 1 is 0.877 bits per heavy atom. The molecule has 8 aliphatic rings. The molecule has 0 spiro atoms. The lowest BCUT2D eigenvalue weighted by atomic mass is 9.49. The zero-order chi connectivity index (χ0) is 45.1. The van der Waals surface area contributed by atoms with E-state index < -0.39 is 26.3 Å². The van der Waals surface area contributed by atoms with E-state index in [1.165, 1.54) is 67.4 Å². The molecule has 2 amide bonds. The first kappa shape index (κ1) is 44.1. The average molecular weight is 905 g/mol. The number of benzene rings is 3. The van der Waals surface area contributed by atoms with Crippen LogP contribution in [-0.4, -0.2) is 82.5 Å². The first-order valence-electron chi connectivity index (χ1n) is 24.1. The Morgan fingerprint density at radius 2 is 1.55 bits per heavy atom. The minimum absolute atomic E-state index is 0.158. The number of rotatable bonds is 14. The highest BCUT2D eigenvalue weighted by atomic mass is 32.2. The fourth-order valence-electron chi connectivity index (χ4n) is 13.8. The average Bonchev–Trinajstić information content (AvgIpc) is 3.69. The van der Waals surface area contributed by atoms with Gasteiger partial charge in [-0.1, -0.05) is 44.2 Å². The summed E-state index contributed by atoms with van der Waals surface area (Å²) < 4.78 is 34.1. The van der Waals surface area contributed by atoms with Crippen LogP contribution in [-0.2, 0) is 26.1 Å². The molecule has 5 saturated carbocycles. The SMILES string of the molecule is CC1(C)C2C=C(c3ccccc3CN3CCN(c4ccc(C(=O)NS(=O)(=O)c5ccc(NCC6CCOCC6)c([N+](=O)[O-])c5)cc4)CC3)C1(C(=O)NCC13CC4CC(CC(C4)C1)C3)CC2. The van der Waals surface area contributed by atoms with Crippen molar-refractivity contribution >= 4 is 44.5 Å². The van der Waals surface area contributed by atoms with Gasteiger partial charge in [0, 0.05) is 76.3 Å². The van der Waals surface area contributed by atoms with Crippen LogP contribution in [0.1, 0.15) is 99.5 Å². The summed E-state index contributed by atoms with van der Waals surface area (Å²) in [6.45, 7) is 11.3. The Morgan fingerprint density at radius 3 is 2.22 bits per heavy atom. The number of ether oxygens (including phenoxy) is 1. The van der Waals surface area contributed by atoms with Crippen molar-refractivity contribution in [3.8, 4) is 0 Å². The normalized spacial score (nSPS) is 29.4. The molecule has 2 unspecified atom stereocenters. The van der Waals surface area contributed by atoms with Gasteiger partial charge >= 0.3 is 0 Å². The molecule has 3 aromatic carbocycles. The Balaban J connectivity index is 0.758. The first-order chi connectivity index (χ1) is 31.2. The lowest BCUT2D eigenvalue weighted by molar-refractivity contribution is -0.384. The number of sulfonamides is 1. The lowest BCUT2D eigenvalue weighted by Gasteiger charge is -2.57. The molecular weight excluding hydrogens is 841 g/mol. The molecule has 346 valence electrons. The van der Waals surface area contributed by atoms with Crippen LogP contribution in [0.5, 0.6) is 0 Å². The maximum Gasteiger partial charge on any atom is 0.293 e. The molecule has 6 aliphatic carbocycles. The predicted molar refractivity (Wildman–Crippen MR) is 251 cm³/mol. The Labute approximate surface area is 383 Å². The first-order valence-corrected chi connectivity index (χ1v) is 25.5. The highest BCUT2D eigenvalue weighted by Gasteiger charge is 2.64. The van der Waals surface area contributed by atoms with Gasteiger partial charge in [0.2, 0.25) is 5.91 Å². The van der Waals surface area contributed by atoms with Crippen LogP contribution in [0.25, 0.3) is 5.57 Å². The van der Waals surface area contributed by atoms with Gasteiger partial charge in [0.1, 0.15) is 5.69 Å². The number of nitro groups is 1. The fraction of sp³-hybridized carbons (Fsp3) is 0.569. The molecule has 13 nitrogen and oxygen atoms in total. The van der Waals surface area contributed by atoms with E-state index in [4.69, 9.17) is 4.74 Å². The third-order valence-corrected chi connectivity index (χ3v) is 18.4. The second kappa shape index (κ2) is 17.1. The number of nitrogens with one attached hydrogen (secondary N) is 3. The Hall–Kier alpha value is -4.79. The molecule has 2 heterocycles. The summed E-state index contributed by atoms with van der Waals surface area (Å²) in [4.78, 5) is 43.7. The van der Waals surface area contributed by atoms with Crippen molar-refractivity contribution in [2.45, 2.75) is 89.5 Å². The monoisotopic (exact) mass is 904 g/mol. The topological polar surface area (TPSA) is 163 Å². The van der Waals surface area contributed by atoms with E-state index in [2.05, 4.69) is 69.3 Å². The molecule has 2 aliphatic heterocycles. The number of fused-ring (bicyclic) bond motifs is 2. The molecule has 6 bridgehead atoms. The summed E-state index contributed by atoms with van der Waals surface area (Å²) in [5, 5.41) is 18.7. The Kier molecular flexibility index (Phi) is 11.6. The molecule has 7 fully saturated rings. The number of hydrogen-bond acceptors (Lipinski definition) is 10. The van der Waals surface area contributed by atoms with Crippen LogP contribution >= 0.6 is 0 Å². The molecule has 0 radical (unpaired) electrons. The summed E-state index contributed by atoms with van der Waals surface area (Å²) in [6.07, 6.45) is 14.1. The van der Waals surface area contributed by atoms with Gasteiger partial charge < -0.3 is 20.3 Å². The van der Waals surface area contributed by atoms with Gasteiger partial charge in [-0.15, -0.1) is 0 Å². The van der Waals surface area contributed by atoms with Crippen molar-refractivity contribution in [2.24, 2.45) is 45.8 Å². The highest BCUT2D eigenvalue weighted by Crippen LogP contribution is 2.68. The maximum absolute atomic E-state index is 14.8. The van der Waals surface area contributed by atoms with Crippen LogP contribution in [0, 0.1) is 55.9 Å². The van der Waals surface area contributed by atoms with Crippen LogP contribution in [0.2, 0.25) is 0 Å². The second-order valence-corrected chi connectivity index (χ2v) is 22.9. The number of nitro benzene ring substituents is 1. The predicted octanol–water partition coefficient (Wildman–Crippen LogP) is 8.03. The van der Waals surface area contributed by atoms with Gasteiger partial charge in [-0.3, -0.25) is 24.6 Å². The highest BCUT2D eigenvalue weighted by molar-refractivity contribution is 7.90. The number of allylic oxidation sites excluding steroid dienone is 1. The van der Waals surface area contributed by atoms with E-state index in [1.807, 2.05) is 12.1 Å². The molecule has 65 heavy (non-hydrogen) atoms. The molecule has 11 rings (SSSR count). The Bertz CT molecular complexity index is 2440. The zero-order valence-corrected chi connectivity index (χ0v) is 38.7. The summed E-state index contributed by atoms with van der Waals surface area (Å²) in [5.41, 5.74) is 4.21. The van der Waals surface area contributed by atoms with Crippen molar-refractivity contribution < 1.29 is 27.7 Å². The second-order valence-electron chi connectivity index (χ2n) is 21.2. The fourth-order valence-corrected chi connectivity index (χ4v) is 14.8. The molecule has 3 aromatic rings. The third kappa shape index (κ3) is 8.26. The van der Waals surface area contributed by atoms with E-state index in [-0.39, 0.29) is 38.6 Å². The largest absolute Gasteiger partial charge is 0.381 e. The number of carbonyl (C=O) groups is 2. The third-order valence-electron chi connectivity index (χ3n) is 17.1. The van der Waals surface area contributed by atoms with Crippen molar-refractivity contribution in [3.63, 3.8) is 0 Å². The van der Waals surface area contributed by atoms with Gasteiger partial charge in [0.25, 0.3) is 21.6 Å². The van der Waals surface area contributed by atoms with Crippen LogP contribution in [0.15, 0.2) is 77.7 Å². The quantitative estimate of drug-likeness (QED) is 0.107. The van der Waals surface area contributed by atoms with Gasteiger partial charge in [0.05, 0.1) is 15.2 Å². The summed E-state index contributed by atoms with van der Waals surface area (Å²) in [7, 11) is -4.40. The van der Waals surface area contributed by atoms with Crippen molar-refractivity contribution in [2.75, 3.05) is 62.7 Å². The minimum atomic E-state index is -4.40. The minimum Gasteiger partial charge on any atom is -0.381 e. The molecule has 3 N–H and O–H groups in total. The molecular formula is C51H64N6O7S. The van der Waals surface area contributed by atoms with Gasteiger partial charge in [0.15, 0.2) is 0 Å². The van der Waals surface area contributed by atoms with E-state index in [0.29, 0.717) is 31.6 Å². The number of amides is 2. The van der Waals surface area contributed by atoms with E-state index in [9.17, 15) is 28.1 Å². The molecule has 2 saturated heterocycles. The van der Waals surface area contributed by atoms with Crippen LogP contribution < -0.4 is 20.3 Å². The summed E-state index contributed by atoms with van der Waals surface area (Å²) >= 11 is 0. The number of anilines is 2. The molecule has 2 atom stereocenters. The lowest BCUT2D eigenvalue weighted by Crippen LogP contribution is -2.54. The van der Waals surface area contributed by atoms with E-state index >= 15 is 0 Å². The standard InChI is InChI=1S/C51H64N6O7S/c1-49(2)40-13-16-51(49,48(59)53-33-50-28-35-23-36(29-50)25-37(24-35)30-50)44(26-40)43-6-4-3-5-39(43)32-55-17-19-56(20-18-55)41-9-7-38(8-10-41)47(58)54-65(62,63)42-11-12-45(46(27-42)57(60)61)52-31-34-14-21-64-22-15-34/h3-12,26-27,34-37,40,52H,13-25,28-33H2,1-2H3,(H,53,59)(H,54,58). The van der Waals surface area contributed by atoms with E-state index in [0.717, 1.165) is 94.5 Å². The summed E-state index contributed by atoms with van der Waals surface area (Å²) in [5.74, 6) is 2.66. The van der Waals surface area contributed by atoms with Crippen molar-refractivity contribution in [1.82, 2.24) is 14.9 Å². The smallest absolute Gasteiger partial charge is 0.293 e. The van der Waals surface area contributed by atoms with Gasteiger partial charge in [-0.05, 0) is 158 Å². The van der Waals surface area contributed by atoms with Crippen molar-refractivity contribution in [1.29, 1.82) is 0 Å². The van der Waals surface area contributed by atoms with Gasteiger partial charge in [-0.2, -0.15) is 0 Å². The number of hydrogen-bond donors (Lipinski definition) is 3. The zero-order valence-electron chi connectivity index (χ0n) is 37.9. The molecule has 0 aromatic heterocycles. The van der Waals surface area contributed by atoms with E-state index in [1.54, 1.807) is 12.1 Å². The van der Waals surface area contributed by atoms with Crippen molar-refractivity contribution in [3.05, 3.63) is 99.6 Å². The van der Waals surface area contributed by atoms with Gasteiger partial charge in [-0.25, -0.2) is 13.1 Å². The van der Waals surface area contributed by atoms with Crippen LogP contribution in [0.4, 0.5) is 17.1 Å². The molecule has 14 heteroatoms.